The molecular formula is C36H28N2O4. The van der Waals surface area contributed by atoms with Crippen LogP contribution in [0.3, 0.4) is 0 Å². The van der Waals surface area contributed by atoms with Gasteiger partial charge in [-0.1, -0.05) is 72.8 Å². The predicted octanol–water partition coefficient (Wildman–Crippen LogP) is 7.32. The first-order valence-electron chi connectivity index (χ1n) is 13.9. The summed E-state index contributed by atoms with van der Waals surface area (Å²) in [6.07, 6.45) is 0. The molecule has 2 heterocycles. The first kappa shape index (κ1) is 25.6. The van der Waals surface area contributed by atoms with Crippen LogP contribution in [-0.4, -0.2) is 26.0 Å². The normalized spacial score (nSPS) is 13.9. The van der Waals surface area contributed by atoms with Gasteiger partial charge in [0.2, 0.25) is 0 Å². The zero-order valence-corrected chi connectivity index (χ0v) is 23.2. The lowest BCUT2D eigenvalue weighted by molar-refractivity contribution is -0.136. The summed E-state index contributed by atoms with van der Waals surface area (Å²) in [6, 6.07) is 38.1. The molecule has 0 saturated carbocycles. The van der Waals surface area contributed by atoms with Crippen molar-refractivity contribution in [3.63, 3.8) is 0 Å². The molecule has 5 aromatic carbocycles. The number of esters is 2. The first-order valence-corrected chi connectivity index (χ1v) is 13.9. The van der Waals surface area contributed by atoms with E-state index in [1.807, 2.05) is 111 Å². The molecule has 2 aliphatic heterocycles. The van der Waals surface area contributed by atoms with Crippen molar-refractivity contribution in [2.24, 2.45) is 0 Å². The Labute approximate surface area is 244 Å². The number of fused-ring (bicyclic) bond motifs is 4. The zero-order valence-electron chi connectivity index (χ0n) is 23.2. The Morgan fingerprint density at radius 3 is 1.00 bits per heavy atom. The van der Waals surface area contributed by atoms with Gasteiger partial charge in [0.1, 0.15) is 23.3 Å². The molecule has 0 spiro atoms. The van der Waals surface area contributed by atoms with Crippen molar-refractivity contribution in [1.82, 2.24) is 0 Å². The topological polar surface area (TPSA) is 59.1 Å². The highest BCUT2D eigenvalue weighted by Gasteiger charge is 2.36. The van der Waals surface area contributed by atoms with E-state index >= 15 is 0 Å². The smallest absolute Gasteiger partial charge is 0.323 e. The molecule has 6 nitrogen and oxygen atoms in total. The summed E-state index contributed by atoms with van der Waals surface area (Å²) in [7, 11) is 4.00. The van der Waals surface area contributed by atoms with Gasteiger partial charge in [-0.15, -0.1) is 0 Å². The minimum Gasteiger partial charge on any atom is -0.426 e. The molecule has 5 aromatic rings. The predicted molar refractivity (Wildman–Crippen MR) is 163 cm³/mol. The molecule has 0 radical (unpaired) electrons. The van der Waals surface area contributed by atoms with E-state index in [1.165, 1.54) is 0 Å². The van der Waals surface area contributed by atoms with E-state index in [0.29, 0.717) is 11.5 Å². The molecule has 7 rings (SSSR count). The number of hydrogen-bond acceptors (Lipinski definition) is 6. The van der Waals surface area contributed by atoms with Gasteiger partial charge >= 0.3 is 11.9 Å². The molecule has 0 atom stereocenters. The number of carbonyl (C=O) groups excluding carboxylic acids is 2. The van der Waals surface area contributed by atoms with Crippen molar-refractivity contribution in [2.75, 3.05) is 23.9 Å². The summed E-state index contributed by atoms with van der Waals surface area (Å²) in [6.45, 7) is 0. The fourth-order valence-electron chi connectivity index (χ4n) is 6.18. The Hall–Kier alpha value is -5.36. The summed E-state index contributed by atoms with van der Waals surface area (Å²) in [4.78, 5) is 31.4. The maximum Gasteiger partial charge on any atom is 0.323 e. The van der Waals surface area contributed by atoms with E-state index < -0.39 is 11.8 Å². The van der Waals surface area contributed by atoms with E-state index in [-0.39, 0.29) is 11.9 Å². The third-order valence-electron chi connectivity index (χ3n) is 8.17. The Kier molecular flexibility index (Phi) is 6.24. The Bertz CT molecular complexity index is 1600. The second-order valence-electron chi connectivity index (χ2n) is 10.5. The molecule has 2 aliphatic rings. The van der Waals surface area contributed by atoms with E-state index in [0.717, 1.165) is 45.0 Å². The van der Waals surface area contributed by atoms with Crippen molar-refractivity contribution in [3.8, 4) is 11.5 Å². The molecule has 42 heavy (non-hydrogen) atoms. The van der Waals surface area contributed by atoms with E-state index in [2.05, 4.69) is 9.80 Å². The van der Waals surface area contributed by atoms with Crippen LogP contribution in [0.2, 0.25) is 0 Å². The van der Waals surface area contributed by atoms with Crippen LogP contribution < -0.4 is 19.3 Å². The number of ether oxygens (including phenoxy) is 2. The quantitative estimate of drug-likeness (QED) is 0.172. The van der Waals surface area contributed by atoms with Crippen molar-refractivity contribution >= 4 is 34.7 Å². The van der Waals surface area contributed by atoms with Crippen LogP contribution in [0.5, 0.6) is 11.5 Å². The molecular weight excluding hydrogens is 524 g/mol. The van der Waals surface area contributed by atoms with Crippen LogP contribution in [0, 0.1) is 0 Å². The van der Waals surface area contributed by atoms with Crippen LogP contribution in [-0.2, 0) is 9.59 Å². The molecule has 0 unspecified atom stereocenters. The molecule has 0 saturated heterocycles. The number of nitrogens with zero attached hydrogens (tertiary/aromatic N) is 2. The highest BCUT2D eigenvalue weighted by atomic mass is 16.5. The average Bonchev–Trinajstić information content (AvgIpc) is 3.02. The molecule has 0 aliphatic carbocycles. The molecule has 0 bridgehead atoms. The Morgan fingerprint density at radius 1 is 0.452 bits per heavy atom. The lowest BCUT2D eigenvalue weighted by Gasteiger charge is -2.34. The van der Waals surface area contributed by atoms with Crippen LogP contribution in [0.25, 0.3) is 0 Å². The van der Waals surface area contributed by atoms with Crippen molar-refractivity contribution < 1.29 is 19.1 Å². The molecule has 0 amide bonds. The molecule has 0 fully saturated rings. The molecule has 206 valence electrons. The average molecular weight is 553 g/mol. The van der Waals surface area contributed by atoms with Crippen LogP contribution in [0.1, 0.15) is 34.1 Å². The molecule has 0 N–H and O–H groups in total. The lowest BCUT2D eigenvalue weighted by atomic mass is 9.85. The zero-order chi connectivity index (χ0) is 28.8. The summed E-state index contributed by atoms with van der Waals surface area (Å²) < 4.78 is 11.8. The first-order chi connectivity index (χ1) is 20.5. The van der Waals surface area contributed by atoms with Crippen LogP contribution >= 0.6 is 0 Å². The van der Waals surface area contributed by atoms with Crippen molar-refractivity contribution in [3.05, 3.63) is 144 Å². The number of para-hydroxylation sites is 4. The van der Waals surface area contributed by atoms with Gasteiger partial charge in [0.15, 0.2) is 0 Å². The van der Waals surface area contributed by atoms with Gasteiger partial charge < -0.3 is 19.3 Å². The maximum absolute atomic E-state index is 13.6. The Morgan fingerprint density at radius 2 is 0.714 bits per heavy atom. The van der Waals surface area contributed by atoms with Gasteiger partial charge in [-0.25, -0.2) is 0 Å². The monoisotopic (exact) mass is 552 g/mol. The standard InChI is InChI=1S/C36H28N2O4/c1-37-29-15-7-3-11-25(29)33(26-12-4-8-16-30(26)37)35(39)41-23-19-21-24(22-20-23)42-36(40)34-27-13-5-9-17-31(27)38(2)32-18-10-6-14-28(32)34/h3-22,33-34H,1-2H3. The van der Waals surface area contributed by atoms with E-state index in [9.17, 15) is 9.59 Å². The van der Waals surface area contributed by atoms with Crippen molar-refractivity contribution in [2.45, 2.75) is 11.8 Å². The summed E-state index contributed by atoms with van der Waals surface area (Å²) in [5.41, 5.74) is 7.46. The minimum atomic E-state index is -0.560. The summed E-state index contributed by atoms with van der Waals surface area (Å²) in [5.74, 6) is -1.10. The highest BCUT2D eigenvalue weighted by molar-refractivity contribution is 5.93. The van der Waals surface area contributed by atoms with Crippen LogP contribution in [0.4, 0.5) is 22.7 Å². The van der Waals surface area contributed by atoms with E-state index in [1.54, 1.807) is 24.3 Å². The van der Waals surface area contributed by atoms with Gasteiger partial charge in [0.05, 0.1) is 0 Å². The number of anilines is 4. The third-order valence-corrected chi connectivity index (χ3v) is 8.17. The van der Waals surface area contributed by atoms with Gasteiger partial charge in [-0.3, -0.25) is 9.59 Å². The third kappa shape index (κ3) is 4.20. The minimum absolute atomic E-state index is 0.368. The van der Waals surface area contributed by atoms with Gasteiger partial charge in [0, 0.05) is 36.8 Å². The lowest BCUT2D eigenvalue weighted by Crippen LogP contribution is -2.28. The second kappa shape index (κ2) is 10.2. The largest absolute Gasteiger partial charge is 0.426 e. The SMILES string of the molecule is CN1c2ccccc2C(C(=O)Oc2ccc(OC(=O)C3c4ccccc4N(C)c4ccccc43)cc2)c2ccccc21. The summed E-state index contributed by atoms with van der Waals surface area (Å²) >= 11 is 0. The fourth-order valence-corrected chi connectivity index (χ4v) is 6.18. The maximum atomic E-state index is 13.6. The highest BCUT2D eigenvalue weighted by Crippen LogP contribution is 2.46. The van der Waals surface area contributed by atoms with Crippen LogP contribution in [0.15, 0.2) is 121 Å². The number of rotatable bonds is 4. The molecule has 6 heteroatoms. The van der Waals surface area contributed by atoms with Gasteiger partial charge in [0.25, 0.3) is 0 Å². The second-order valence-corrected chi connectivity index (χ2v) is 10.5. The van der Waals surface area contributed by atoms with E-state index in [4.69, 9.17) is 9.47 Å². The summed E-state index contributed by atoms with van der Waals surface area (Å²) in [5, 5.41) is 0. The fraction of sp³-hybridized carbons (Fsp3) is 0.111. The number of hydrogen-bond donors (Lipinski definition) is 0. The number of benzene rings is 5. The van der Waals surface area contributed by atoms with Gasteiger partial charge in [-0.05, 0) is 70.8 Å². The molecule has 0 aromatic heterocycles. The Balaban J connectivity index is 1.12. The van der Waals surface area contributed by atoms with Gasteiger partial charge in [-0.2, -0.15) is 0 Å². The van der Waals surface area contributed by atoms with Crippen molar-refractivity contribution in [1.29, 1.82) is 0 Å². The number of carbonyl (C=O) groups is 2.